The maximum Gasteiger partial charge on any atom is 0.202 e. The van der Waals surface area contributed by atoms with Crippen molar-refractivity contribution in [1.29, 1.82) is 0 Å². The van der Waals surface area contributed by atoms with Crippen LogP contribution in [0.3, 0.4) is 0 Å². The zero-order valence-corrected chi connectivity index (χ0v) is 13.1. The van der Waals surface area contributed by atoms with Crippen LogP contribution in [0.25, 0.3) is 10.9 Å². The van der Waals surface area contributed by atoms with Crippen molar-refractivity contribution < 1.29 is 9.53 Å². The van der Waals surface area contributed by atoms with Crippen molar-refractivity contribution in [2.75, 3.05) is 6.61 Å². The number of benzene rings is 2. The average Bonchev–Trinajstić information content (AvgIpc) is 2.90. The highest BCUT2D eigenvalue weighted by Gasteiger charge is 2.13. The summed E-state index contributed by atoms with van der Waals surface area (Å²) in [6, 6.07) is 13.5. The molecule has 0 fully saturated rings. The number of fused-ring (bicyclic) bond motifs is 1. The molecule has 3 aromatic rings. The van der Waals surface area contributed by atoms with E-state index in [1.165, 1.54) is 0 Å². The number of ketones is 1. The Kier molecular flexibility index (Phi) is 3.80. The van der Waals surface area contributed by atoms with Crippen molar-refractivity contribution in [2.24, 2.45) is 0 Å². The Morgan fingerprint density at radius 3 is 2.86 bits per heavy atom. The van der Waals surface area contributed by atoms with Crippen molar-refractivity contribution in [3.8, 4) is 5.75 Å². The number of aromatic amines is 1. The number of Topliss-reactive ketones (excluding diaryl/α,β-unsaturated/α-hetero) is 1. The van der Waals surface area contributed by atoms with Crippen LogP contribution >= 0.6 is 15.9 Å². The Morgan fingerprint density at radius 1 is 1.24 bits per heavy atom. The number of nitrogens with one attached hydrogen (secondary N) is 1. The number of halogens is 1. The zero-order chi connectivity index (χ0) is 14.8. The van der Waals surface area contributed by atoms with Gasteiger partial charge in [-0.15, -0.1) is 0 Å². The second-order valence-electron chi connectivity index (χ2n) is 4.89. The van der Waals surface area contributed by atoms with Gasteiger partial charge in [-0.1, -0.05) is 24.3 Å². The fraction of sp³-hybridized carbons (Fsp3) is 0.118. The average molecular weight is 344 g/mol. The molecule has 0 radical (unpaired) electrons. The van der Waals surface area contributed by atoms with Gasteiger partial charge in [0.1, 0.15) is 5.75 Å². The van der Waals surface area contributed by atoms with E-state index in [4.69, 9.17) is 4.74 Å². The first kappa shape index (κ1) is 13.9. The SMILES string of the molecule is Cc1ccc(OCC(=O)c2c[nH]c3ccccc23)c(Br)c1. The fourth-order valence-corrected chi connectivity index (χ4v) is 2.85. The molecule has 106 valence electrons. The van der Waals surface area contributed by atoms with Crippen molar-refractivity contribution in [3.05, 3.63) is 64.3 Å². The summed E-state index contributed by atoms with van der Waals surface area (Å²) in [6.45, 7) is 2.02. The van der Waals surface area contributed by atoms with Crippen molar-refractivity contribution in [2.45, 2.75) is 6.92 Å². The van der Waals surface area contributed by atoms with Crippen molar-refractivity contribution in [3.63, 3.8) is 0 Å². The zero-order valence-electron chi connectivity index (χ0n) is 11.5. The van der Waals surface area contributed by atoms with Crippen LogP contribution in [-0.2, 0) is 0 Å². The highest BCUT2D eigenvalue weighted by atomic mass is 79.9. The second kappa shape index (κ2) is 5.74. The summed E-state index contributed by atoms with van der Waals surface area (Å²) in [5.41, 5.74) is 2.75. The Balaban J connectivity index is 1.77. The molecule has 2 aromatic carbocycles. The quantitative estimate of drug-likeness (QED) is 0.708. The minimum Gasteiger partial charge on any atom is -0.484 e. The minimum atomic E-state index is -0.0417. The van der Waals surface area contributed by atoms with E-state index >= 15 is 0 Å². The van der Waals surface area contributed by atoms with Crippen LogP contribution in [0, 0.1) is 6.92 Å². The maximum absolute atomic E-state index is 12.3. The molecule has 4 heteroatoms. The third-order valence-corrected chi connectivity index (χ3v) is 3.96. The number of rotatable bonds is 4. The topological polar surface area (TPSA) is 42.1 Å². The minimum absolute atomic E-state index is 0.0174. The van der Waals surface area contributed by atoms with Gasteiger partial charge in [0.05, 0.1) is 4.47 Å². The molecule has 0 aliphatic rings. The molecule has 0 atom stereocenters. The van der Waals surface area contributed by atoms with Gasteiger partial charge in [-0.3, -0.25) is 4.79 Å². The van der Waals surface area contributed by atoms with E-state index in [0.29, 0.717) is 11.3 Å². The number of hydrogen-bond acceptors (Lipinski definition) is 2. The van der Waals surface area contributed by atoms with E-state index in [0.717, 1.165) is 20.9 Å². The van der Waals surface area contributed by atoms with Gasteiger partial charge >= 0.3 is 0 Å². The summed E-state index contributed by atoms with van der Waals surface area (Å²) >= 11 is 3.44. The van der Waals surface area contributed by atoms with E-state index in [-0.39, 0.29) is 12.4 Å². The summed E-state index contributed by atoms with van der Waals surface area (Å²) < 4.78 is 6.47. The van der Waals surface area contributed by atoms with E-state index in [1.807, 2.05) is 49.4 Å². The van der Waals surface area contributed by atoms with Crippen LogP contribution in [0.5, 0.6) is 5.75 Å². The summed E-state index contributed by atoms with van der Waals surface area (Å²) in [5, 5.41) is 0.925. The molecular weight excluding hydrogens is 330 g/mol. The predicted octanol–water partition coefficient (Wildman–Crippen LogP) is 4.50. The van der Waals surface area contributed by atoms with Crippen LogP contribution in [0.4, 0.5) is 0 Å². The largest absolute Gasteiger partial charge is 0.484 e. The highest BCUT2D eigenvalue weighted by molar-refractivity contribution is 9.10. The second-order valence-corrected chi connectivity index (χ2v) is 5.75. The van der Waals surface area contributed by atoms with E-state index in [9.17, 15) is 4.79 Å². The lowest BCUT2D eigenvalue weighted by Crippen LogP contribution is -2.11. The number of carbonyl (C=O) groups is 1. The molecule has 0 aliphatic carbocycles. The first-order chi connectivity index (χ1) is 10.1. The highest BCUT2D eigenvalue weighted by Crippen LogP contribution is 2.26. The smallest absolute Gasteiger partial charge is 0.202 e. The van der Waals surface area contributed by atoms with Crippen molar-refractivity contribution >= 4 is 32.6 Å². The molecule has 0 saturated carbocycles. The first-order valence-electron chi connectivity index (χ1n) is 6.63. The number of hydrogen-bond donors (Lipinski definition) is 1. The lowest BCUT2D eigenvalue weighted by Gasteiger charge is -2.07. The predicted molar refractivity (Wildman–Crippen MR) is 87.0 cm³/mol. The monoisotopic (exact) mass is 343 g/mol. The van der Waals surface area contributed by atoms with Crippen LogP contribution < -0.4 is 4.74 Å². The van der Waals surface area contributed by atoms with Crippen LogP contribution in [0.15, 0.2) is 53.1 Å². The number of carbonyl (C=O) groups excluding carboxylic acids is 1. The molecule has 0 saturated heterocycles. The Labute approximate surface area is 131 Å². The molecule has 21 heavy (non-hydrogen) atoms. The third kappa shape index (κ3) is 2.85. The van der Waals surface area contributed by atoms with Gasteiger partial charge in [0.15, 0.2) is 6.61 Å². The Morgan fingerprint density at radius 2 is 2.05 bits per heavy atom. The van der Waals surface area contributed by atoms with Gasteiger partial charge < -0.3 is 9.72 Å². The molecular formula is C17H14BrNO2. The molecule has 0 amide bonds. The number of para-hydroxylation sites is 1. The van der Waals surface area contributed by atoms with Crippen molar-refractivity contribution in [1.82, 2.24) is 4.98 Å². The number of H-pyrrole nitrogens is 1. The van der Waals surface area contributed by atoms with Crippen LogP contribution in [-0.4, -0.2) is 17.4 Å². The van der Waals surface area contributed by atoms with E-state index in [1.54, 1.807) is 6.20 Å². The summed E-state index contributed by atoms with van der Waals surface area (Å²) in [7, 11) is 0. The normalized spacial score (nSPS) is 10.8. The van der Waals surface area contributed by atoms with E-state index in [2.05, 4.69) is 20.9 Å². The van der Waals surface area contributed by atoms with Gasteiger partial charge in [0, 0.05) is 22.7 Å². The standard InChI is InChI=1S/C17H14BrNO2/c1-11-6-7-17(14(18)8-11)21-10-16(20)13-9-19-15-5-3-2-4-12(13)15/h2-9,19H,10H2,1H3. The Bertz CT molecular complexity index is 807. The Hall–Kier alpha value is -2.07. The molecule has 0 spiro atoms. The summed E-state index contributed by atoms with van der Waals surface area (Å²) in [5.74, 6) is 0.633. The summed E-state index contributed by atoms with van der Waals surface area (Å²) in [4.78, 5) is 15.4. The van der Waals surface area contributed by atoms with Gasteiger partial charge in [-0.25, -0.2) is 0 Å². The summed E-state index contributed by atoms with van der Waals surface area (Å²) in [6.07, 6.45) is 1.74. The fourth-order valence-electron chi connectivity index (χ4n) is 2.25. The van der Waals surface area contributed by atoms with Gasteiger partial charge in [-0.05, 0) is 46.6 Å². The van der Waals surface area contributed by atoms with E-state index < -0.39 is 0 Å². The maximum atomic E-state index is 12.3. The number of aryl methyl sites for hydroxylation is 1. The molecule has 0 aliphatic heterocycles. The lowest BCUT2D eigenvalue weighted by atomic mass is 10.1. The van der Waals surface area contributed by atoms with Crippen LogP contribution in [0.2, 0.25) is 0 Å². The third-order valence-electron chi connectivity index (χ3n) is 3.34. The molecule has 1 heterocycles. The lowest BCUT2D eigenvalue weighted by molar-refractivity contribution is 0.0922. The van der Waals surface area contributed by atoms with Gasteiger partial charge in [0.25, 0.3) is 0 Å². The van der Waals surface area contributed by atoms with Crippen LogP contribution in [0.1, 0.15) is 15.9 Å². The van der Waals surface area contributed by atoms with Gasteiger partial charge in [0.2, 0.25) is 5.78 Å². The molecule has 0 bridgehead atoms. The molecule has 1 N–H and O–H groups in total. The van der Waals surface area contributed by atoms with Gasteiger partial charge in [-0.2, -0.15) is 0 Å². The molecule has 3 nitrogen and oxygen atoms in total. The number of ether oxygens (including phenoxy) is 1. The first-order valence-corrected chi connectivity index (χ1v) is 7.43. The molecule has 1 aromatic heterocycles. The molecule has 0 unspecified atom stereocenters. The molecule has 3 rings (SSSR count). The number of aromatic nitrogens is 1.